The van der Waals surface area contributed by atoms with Crippen molar-refractivity contribution in [1.82, 2.24) is 14.7 Å². The number of rotatable bonds is 21. The molecule has 0 aromatic heterocycles. The largest absolute Gasteiger partial charge is 0.480 e. The number of carboxylic acid groups (broad SMARTS) is 6. The zero-order chi connectivity index (χ0) is 32.8. The van der Waals surface area contributed by atoms with Crippen LogP contribution in [0.3, 0.4) is 0 Å². The van der Waals surface area contributed by atoms with Gasteiger partial charge in [0.1, 0.15) is 17.5 Å². The topological polar surface area (TPSA) is 243 Å². The van der Waals surface area contributed by atoms with Gasteiger partial charge in [-0.15, -0.1) is 0 Å². The minimum absolute atomic E-state index is 0.0708. The number of carboxylic acids is 6. The molecule has 0 aliphatic rings. The molecule has 0 unspecified atom stereocenters. The molecular formula is C28H33N3O13. The summed E-state index contributed by atoms with van der Waals surface area (Å²) in [6.07, 6.45) is -0.0708. The Labute approximate surface area is 250 Å². The van der Waals surface area contributed by atoms with Crippen LogP contribution >= 0.6 is 0 Å². The first-order valence-electron chi connectivity index (χ1n) is 13.1. The summed E-state index contributed by atoms with van der Waals surface area (Å²) in [6, 6.07) is 10.8. The van der Waals surface area contributed by atoms with Crippen LogP contribution in [0.2, 0.25) is 0 Å². The summed E-state index contributed by atoms with van der Waals surface area (Å²) < 4.78 is 5.70. The molecule has 0 heterocycles. The highest BCUT2D eigenvalue weighted by Crippen LogP contribution is 2.23. The van der Waals surface area contributed by atoms with Gasteiger partial charge < -0.3 is 35.4 Å². The molecular weight excluding hydrogens is 586 g/mol. The maximum absolute atomic E-state index is 12.4. The fourth-order valence-electron chi connectivity index (χ4n) is 4.25. The quantitative estimate of drug-likeness (QED) is 0.111. The minimum atomic E-state index is -1.29. The van der Waals surface area contributed by atoms with Gasteiger partial charge in [-0.05, 0) is 48.4 Å². The Morgan fingerprint density at radius 1 is 0.568 bits per heavy atom. The number of nitrogens with zero attached hydrogens (tertiary/aromatic N) is 3. The molecule has 0 fully saturated rings. The van der Waals surface area contributed by atoms with Crippen molar-refractivity contribution in [1.29, 1.82) is 0 Å². The van der Waals surface area contributed by atoms with E-state index in [2.05, 4.69) is 0 Å². The van der Waals surface area contributed by atoms with E-state index in [0.717, 1.165) is 9.80 Å². The first-order chi connectivity index (χ1) is 20.7. The van der Waals surface area contributed by atoms with Crippen LogP contribution in [0.1, 0.15) is 15.9 Å². The van der Waals surface area contributed by atoms with Gasteiger partial charge in [-0.25, -0.2) is 4.79 Å². The summed E-state index contributed by atoms with van der Waals surface area (Å²) in [5.41, 5.74) is 0.636. The van der Waals surface area contributed by atoms with Crippen molar-refractivity contribution in [3.8, 4) is 11.5 Å². The number of hydrogen-bond acceptors (Lipinski definition) is 10. The van der Waals surface area contributed by atoms with Gasteiger partial charge >= 0.3 is 35.8 Å². The van der Waals surface area contributed by atoms with E-state index < -0.39 is 68.0 Å². The van der Waals surface area contributed by atoms with Gasteiger partial charge in [0.15, 0.2) is 0 Å². The lowest BCUT2D eigenvalue weighted by molar-refractivity contribution is -0.146. The van der Waals surface area contributed by atoms with Crippen molar-refractivity contribution in [2.24, 2.45) is 0 Å². The fourth-order valence-corrected chi connectivity index (χ4v) is 4.25. The van der Waals surface area contributed by atoms with Crippen molar-refractivity contribution < 1.29 is 64.1 Å². The molecule has 0 bridgehead atoms. The second kappa shape index (κ2) is 17.2. The van der Waals surface area contributed by atoms with E-state index in [1.54, 1.807) is 24.3 Å². The average Bonchev–Trinajstić information content (AvgIpc) is 2.91. The van der Waals surface area contributed by atoms with Gasteiger partial charge in [0.2, 0.25) is 0 Å². The Morgan fingerprint density at radius 2 is 0.955 bits per heavy atom. The van der Waals surface area contributed by atoms with Gasteiger partial charge in [0.25, 0.3) is 0 Å². The third-order valence-electron chi connectivity index (χ3n) is 6.26. The number of aliphatic carboxylic acids is 5. The van der Waals surface area contributed by atoms with Crippen molar-refractivity contribution in [3.05, 3.63) is 59.7 Å². The Kier molecular flexibility index (Phi) is 13.7. The maximum Gasteiger partial charge on any atom is 0.335 e. The van der Waals surface area contributed by atoms with E-state index >= 15 is 0 Å². The van der Waals surface area contributed by atoms with E-state index in [-0.39, 0.29) is 38.2 Å². The van der Waals surface area contributed by atoms with Crippen LogP contribution in [0, 0.1) is 0 Å². The van der Waals surface area contributed by atoms with Crippen LogP contribution in [-0.2, 0) is 30.4 Å². The summed E-state index contributed by atoms with van der Waals surface area (Å²) in [5, 5.41) is 55.8. The Hall–Kier alpha value is -5.06. The lowest BCUT2D eigenvalue weighted by Crippen LogP contribution is -2.50. The number of benzene rings is 2. The lowest BCUT2D eigenvalue weighted by Gasteiger charge is -2.32. The first-order valence-corrected chi connectivity index (χ1v) is 13.1. The number of aromatic carboxylic acids is 1. The molecule has 0 aliphatic carbocycles. The molecule has 0 saturated heterocycles. The highest BCUT2D eigenvalue weighted by atomic mass is 16.5. The highest BCUT2D eigenvalue weighted by molar-refractivity contribution is 5.87. The fraction of sp³-hybridized carbons (Fsp3) is 0.357. The molecule has 0 saturated carbocycles. The molecule has 2 aromatic rings. The molecule has 16 nitrogen and oxygen atoms in total. The summed E-state index contributed by atoms with van der Waals surface area (Å²) in [7, 11) is 0. The van der Waals surface area contributed by atoms with Gasteiger partial charge in [-0.3, -0.25) is 38.7 Å². The molecule has 2 rings (SSSR count). The molecule has 16 heteroatoms. The van der Waals surface area contributed by atoms with Crippen molar-refractivity contribution in [3.63, 3.8) is 0 Å². The summed E-state index contributed by atoms with van der Waals surface area (Å²) in [5.74, 6) is -6.76. The van der Waals surface area contributed by atoms with Crippen molar-refractivity contribution in [2.75, 3.05) is 52.4 Å². The lowest BCUT2D eigenvalue weighted by atomic mass is 10.0. The van der Waals surface area contributed by atoms with Crippen LogP contribution < -0.4 is 4.74 Å². The molecule has 0 spiro atoms. The molecule has 0 amide bonds. The molecule has 238 valence electrons. The minimum Gasteiger partial charge on any atom is -0.480 e. The van der Waals surface area contributed by atoms with Crippen LogP contribution in [-0.4, -0.2) is 140 Å². The van der Waals surface area contributed by atoms with E-state index in [4.69, 9.17) is 30.3 Å². The third kappa shape index (κ3) is 12.8. The monoisotopic (exact) mass is 619 g/mol. The predicted molar refractivity (Wildman–Crippen MR) is 150 cm³/mol. The predicted octanol–water partition coefficient (Wildman–Crippen LogP) is 0.417. The average molecular weight is 620 g/mol. The second-order valence-corrected chi connectivity index (χ2v) is 9.67. The van der Waals surface area contributed by atoms with Crippen LogP contribution in [0.25, 0.3) is 0 Å². The standard InChI is InChI=1S/C28H33N3O13/c32-23(33)14-29(15-24(34)35)9-11-31(12-10-30(16-25(36)37)17-26(38)39)22(28(42)43)13-18-1-5-20(6-2-18)44-21-7-3-19(4-8-21)27(40)41/h1-8,22H,9-17H2,(H,32,33)(H,34,35)(H,36,37)(H,38,39)(H,40,41)(H,42,43)/t22-/m0/s1. The zero-order valence-corrected chi connectivity index (χ0v) is 23.4. The molecule has 6 N–H and O–H groups in total. The number of hydrogen-bond donors (Lipinski definition) is 6. The molecule has 0 radical (unpaired) electrons. The normalized spacial score (nSPS) is 11.8. The van der Waals surface area contributed by atoms with Crippen LogP contribution in [0.5, 0.6) is 11.5 Å². The van der Waals surface area contributed by atoms with Gasteiger partial charge in [-0.2, -0.15) is 0 Å². The Morgan fingerprint density at radius 3 is 1.30 bits per heavy atom. The summed E-state index contributed by atoms with van der Waals surface area (Å²) in [4.78, 5) is 72.0. The zero-order valence-electron chi connectivity index (χ0n) is 23.4. The van der Waals surface area contributed by atoms with E-state index in [1.165, 1.54) is 29.2 Å². The first kappa shape index (κ1) is 35.1. The Balaban J connectivity index is 2.25. The number of carbonyl (C=O) groups is 6. The van der Waals surface area contributed by atoms with E-state index in [0.29, 0.717) is 17.1 Å². The Bertz CT molecular complexity index is 1240. The summed E-state index contributed by atoms with van der Waals surface area (Å²) >= 11 is 0. The van der Waals surface area contributed by atoms with Crippen molar-refractivity contribution >= 4 is 35.8 Å². The summed E-state index contributed by atoms with van der Waals surface area (Å²) in [6.45, 7) is -3.06. The van der Waals surface area contributed by atoms with Gasteiger partial charge in [0, 0.05) is 26.2 Å². The SMILES string of the molecule is O=C(O)CN(CCN(CCN(CC(=O)O)CC(=O)O)[C@@H](Cc1ccc(Oc2ccc(C(=O)O)cc2)cc1)C(=O)O)CC(=O)O. The molecule has 44 heavy (non-hydrogen) atoms. The van der Waals surface area contributed by atoms with Gasteiger partial charge in [-0.1, -0.05) is 12.1 Å². The smallest absolute Gasteiger partial charge is 0.335 e. The van der Waals surface area contributed by atoms with E-state index in [9.17, 15) is 33.9 Å². The molecule has 1 atom stereocenters. The van der Waals surface area contributed by atoms with Gasteiger partial charge in [0.05, 0.1) is 31.7 Å². The van der Waals surface area contributed by atoms with Crippen molar-refractivity contribution in [2.45, 2.75) is 12.5 Å². The molecule has 0 aliphatic heterocycles. The van der Waals surface area contributed by atoms with Crippen LogP contribution in [0.4, 0.5) is 0 Å². The highest BCUT2D eigenvalue weighted by Gasteiger charge is 2.28. The third-order valence-corrected chi connectivity index (χ3v) is 6.26. The van der Waals surface area contributed by atoms with Crippen LogP contribution in [0.15, 0.2) is 48.5 Å². The maximum atomic E-state index is 12.4. The van der Waals surface area contributed by atoms with E-state index in [1.807, 2.05) is 0 Å². The second-order valence-electron chi connectivity index (χ2n) is 9.67. The molecule has 2 aromatic carbocycles. The number of ether oxygens (including phenoxy) is 1.